The molecule has 0 spiro atoms. The predicted octanol–water partition coefficient (Wildman–Crippen LogP) is 1.74. The lowest BCUT2D eigenvalue weighted by Crippen LogP contribution is -1.97. The van der Waals surface area contributed by atoms with Crippen LogP contribution in [0, 0.1) is 17.8 Å². The van der Waals surface area contributed by atoms with Crippen LogP contribution in [0.3, 0.4) is 0 Å². The summed E-state index contributed by atoms with van der Waals surface area (Å²) in [4.78, 5) is 2.44. The van der Waals surface area contributed by atoms with Gasteiger partial charge in [-0.05, 0) is 13.0 Å². The molecule has 0 radical (unpaired) electrons. The van der Waals surface area contributed by atoms with E-state index in [4.69, 9.17) is 0 Å². The van der Waals surface area contributed by atoms with Crippen molar-refractivity contribution in [3.8, 4) is 11.8 Å². The first-order chi connectivity index (χ1) is 5.29. The third kappa shape index (κ3) is 4.86. The zero-order valence-electron chi connectivity index (χ0n) is 7.56. The van der Waals surface area contributed by atoms with Crippen LogP contribution in [0.1, 0.15) is 26.7 Å². The maximum Gasteiger partial charge on any atom is 0.0146 e. The zero-order chi connectivity index (χ0) is 8.10. The van der Waals surface area contributed by atoms with E-state index in [0.717, 1.165) is 6.42 Å². The molecular weight excluding hydrogens is 134 g/mol. The minimum absolute atomic E-state index is 0.538. The average Bonchev–Trinajstić information content (AvgIpc) is 2.70. The van der Waals surface area contributed by atoms with E-state index < -0.39 is 0 Å². The maximum atomic E-state index is 3.19. The van der Waals surface area contributed by atoms with Crippen LogP contribution in [0.15, 0.2) is 0 Å². The van der Waals surface area contributed by atoms with Gasteiger partial charge in [-0.1, -0.05) is 13.8 Å². The molecule has 11 heavy (non-hydrogen) atoms. The van der Waals surface area contributed by atoms with Gasteiger partial charge in [-0.3, -0.25) is 0 Å². The van der Waals surface area contributed by atoms with E-state index in [9.17, 15) is 0 Å². The second-order valence-electron chi connectivity index (χ2n) is 3.42. The van der Waals surface area contributed by atoms with Crippen molar-refractivity contribution in [3.05, 3.63) is 0 Å². The van der Waals surface area contributed by atoms with Gasteiger partial charge in [0.2, 0.25) is 0 Å². The number of unbranched alkanes of at least 4 members (excludes halogenated alkanes) is 1. The molecule has 1 aliphatic rings. The highest BCUT2D eigenvalue weighted by Crippen LogP contribution is 2.04. The lowest BCUT2D eigenvalue weighted by Gasteiger charge is -1.94. The lowest BCUT2D eigenvalue weighted by atomic mass is 10.2. The quantitative estimate of drug-likeness (QED) is 0.337. The second kappa shape index (κ2) is 4.41. The van der Waals surface area contributed by atoms with Gasteiger partial charge in [0.25, 0.3) is 0 Å². The molecule has 1 aliphatic heterocycles. The third-order valence-electron chi connectivity index (χ3n) is 1.71. The fourth-order valence-electron chi connectivity index (χ4n) is 0.962. The number of rotatable bonds is 3. The van der Waals surface area contributed by atoms with Gasteiger partial charge in [-0.2, -0.15) is 0 Å². The zero-order valence-corrected chi connectivity index (χ0v) is 7.56. The second-order valence-corrected chi connectivity index (χ2v) is 3.42. The molecule has 0 bridgehead atoms. The van der Waals surface area contributed by atoms with Gasteiger partial charge >= 0.3 is 0 Å². The van der Waals surface area contributed by atoms with Crippen LogP contribution in [0.4, 0.5) is 0 Å². The Labute approximate surface area is 69.8 Å². The van der Waals surface area contributed by atoms with Crippen molar-refractivity contribution in [3.63, 3.8) is 0 Å². The fraction of sp³-hybridized carbons (Fsp3) is 0.800. The first-order valence-corrected chi connectivity index (χ1v) is 4.50. The summed E-state index contributed by atoms with van der Waals surface area (Å²) in [6, 6.07) is 0. The molecule has 0 aromatic heterocycles. The smallest absolute Gasteiger partial charge is 0.0146 e. The summed E-state index contributed by atoms with van der Waals surface area (Å²) in [5.41, 5.74) is 0. The molecule has 0 saturated carbocycles. The van der Waals surface area contributed by atoms with Gasteiger partial charge in [-0.15, -0.1) is 11.8 Å². The monoisotopic (exact) mass is 151 g/mol. The van der Waals surface area contributed by atoms with Crippen LogP contribution in [0.2, 0.25) is 0 Å². The summed E-state index contributed by atoms with van der Waals surface area (Å²) in [6.07, 6.45) is 2.33. The Morgan fingerprint density at radius 3 is 2.64 bits per heavy atom. The highest BCUT2D eigenvalue weighted by Gasteiger charge is 2.14. The van der Waals surface area contributed by atoms with E-state index in [1.165, 1.54) is 26.1 Å². The van der Waals surface area contributed by atoms with Gasteiger partial charge in [0, 0.05) is 25.4 Å². The van der Waals surface area contributed by atoms with Crippen molar-refractivity contribution in [1.82, 2.24) is 4.90 Å². The van der Waals surface area contributed by atoms with Crippen molar-refractivity contribution in [2.45, 2.75) is 26.7 Å². The van der Waals surface area contributed by atoms with Crippen molar-refractivity contribution < 1.29 is 0 Å². The molecule has 1 heteroatoms. The predicted molar refractivity (Wildman–Crippen MR) is 48.3 cm³/mol. The van der Waals surface area contributed by atoms with Gasteiger partial charge < -0.3 is 4.90 Å². The van der Waals surface area contributed by atoms with Gasteiger partial charge in [-0.25, -0.2) is 0 Å². The Kier molecular flexibility index (Phi) is 3.45. The fourth-order valence-corrected chi connectivity index (χ4v) is 0.962. The Morgan fingerprint density at radius 2 is 2.09 bits per heavy atom. The summed E-state index contributed by atoms with van der Waals surface area (Å²) >= 11 is 0. The molecule has 0 amide bonds. The van der Waals surface area contributed by atoms with Crippen molar-refractivity contribution in [2.24, 2.45) is 5.92 Å². The largest absolute Gasteiger partial charge is 0.301 e. The van der Waals surface area contributed by atoms with E-state index in [-0.39, 0.29) is 0 Å². The average molecular weight is 151 g/mol. The SMILES string of the molecule is CC(C)C#CCCCN1CC1. The van der Waals surface area contributed by atoms with E-state index in [2.05, 4.69) is 30.6 Å². The van der Waals surface area contributed by atoms with Crippen molar-refractivity contribution in [1.29, 1.82) is 0 Å². The Bertz CT molecular complexity index is 157. The first kappa shape index (κ1) is 8.62. The normalized spacial score (nSPS) is 16.3. The summed E-state index contributed by atoms with van der Waals surface area (Å²) in [5, 5.41) is 0. The highest BCUT2D eigenvalue weighted by atomic mass is 15.2. The molecule has 0 aliphatic carbocycles. The summed E-state index contributed by atoms with van der Waals surface area (Å²) in [7, 11) is 0. The van der Waals surface area contributed by atoms with Crippen LogP contribution >= 0.6 is 0 Å². The summed E-state index contributed by atoms with van der Waals surface area (Å²) in [6.45, 7) is 8.16. The molecule has 62 valence electrons. The molecule has 1 nitrogen and oxygen atoms in total. The topological polar surface area (TPSA) is 3.01 Å². The van der Waals surface area contributed by atoms with Gasteiger partial charge in [0.1, 0.15) is 0 Å². The van der Waals surface area contributed by atoms with E-state index in [1.807, 2.05) is 0 Å². The van der Waals surface area contributed by atoms with E-state index in [1.54, 1.807) is 0 Å². The Morgan fingerprint density at radius 1 is 1.36 bits per heavy atom. The molecule has 0 aromatic rings. The van der Waals surface area contributed by atoms with Gasteiger partial charge in [0.05, 0.1) is 0 Å². The third-order valence-corrected chi connectivity index (χ3v) is 1.71. The molecule has 1 saturated heterocycles. The maximum absolute atomic E-state index is 3.19. The van der Waals surface area contributed by atoms with Crippen LogP contribution in [0.25, 0.3) is 0 Å². The van der Waals surface area contributed by atoms with Crippen molar-refractivity contribution >= 4 is 0 Å². The molecule has 0 N–H and O–H groups in total. The molecule has 0 atom stereocenters. The molecule has 1 rings (SSSR count). The Balaban J connectivity index is 1.91. The van der Waals surface area contributed by atoms with Crippen LogP contribution in [-0.4, -0.2) is 24.5 Å². The lowest BCUT2D eigenvalue weighted by molar-refractivity contribution is 0.540. The minimum Gasteiger partial charge on any atom is -0.301 e. The summed E-state index contributed by atoms with van der Waals surface area (Å²) < 4.78 is 0. The molecule has 1 heterocycles. The highest BCUT2D eigenvalue weighted by molar-refractivity contribution is 5.01. The van der Waals surface area contributed by atoms with E-state index in [0.29, 0.717) is 5.92 Å². The minimum atomic E-state index is 0.538. The van der Waals surface area contributed by atoms with Crippen LogP contribution in [0.5, 0.6) is 0 Å². The number of nitrogens with zero attached hydrogens (tertiary/aromatic N) is 1. The van der Waals surface area contributed by atoms with Gasteiger partial charge in [0.15, 0.2) is 0 Å². The van der Waals surface area contributed by atoms with E-state index >= 15 is 0 Å². The Hall–Kier alpha value is -0.480. The van der Waals surface area contributed by atoms with Crippen LogP contribution in [-0.2, 0) is 0 Å². The summed E-state index contributed by atoms with van der Waals surface area (Å²) in [5.74, 6) is 6.90. The standard InChI is InChI=1S/C10H17N/c1-10(2)6-4-3-5-7-11-8-9-11/h10H,3,5,7-9H2,1-2H3. The number of hydrogen-bond acceptors (Lipinski definition) is 1. The number of hydrogen-bond donors (Lipinski definition) is 0. The molecule has 0 unspecified atom stereocenters. The van der Waals surface area contributed by atoms with Crippen molar-refractivity contribution in [2.75, 3.05) is 19.6 Å². The van der Waals surface area contributed by atoms with Crippen LogP contribution < -0.4 is 0 Å². The molecular formula is C10H17N. The molecule has 1 fully saturated rings. The first-order valence-electron chi connectivity index (χ1n) is 4.50. The molecule has 0 aromatic carbocycles.